The molecule has 0 heterocycles. The highest BCUT2D eigenvalue weighted by Gasteiger charge is 2.41. The molecule has 0 N–H and O–H groups in total. The Bertz CT molecular complexity index is 262. The lowest BCUT2D eigenvalue weighted by Crippen LogP contribution is -2.40. The molecular weight excluding hydrogens is 176 g/mol. The number of hydrogen-bond acceptors (Lipinski definition) is 2. The summed E-state index contributed by atoms with van der Waals surface area (Å²) >= 11 is 0. The molecule has 0 saturated carbocycles. The van der Waals surface area contributed by atoms with Gasteiger partial charge >= 0.3 is 0 Å². The van der Waals surface area contributed by atoms with E-state index < -0.39 is 5.41 Å². The first-order chi connectivity index (χ1) is 6.49. The molecule has 0 saturated heterocycles. The second kappa shape index (κ2) is 4.07. The quantitative estimate of drug-likeness (QED) is 0.511. The smallest absolute Gasteiger partial charge is 0.143 e. The monoisotopic (exact) mass is 194 g/mol. The summed E-state index contributed by atoms with van der Waals surface area (Å²) in [5, 5.41) is 0. The first-order valence-corrected chi connectivity index (χ1v) is 5.18. The Kier molecular flexibility index (Phi) is 3.25. The molecule has 0 aliphatic heterocycles. The van der Waals surface area contributed by atoms with Crippen LogP contribution in [0, 0.1) is 11.3 Å². The van der Waals surface area contributed by atoms with E-state index in [2.05, 4.69) is 6.08 Å². The van der Waals surface area contributed by atoms with Crippen LogP contribution in [-0.2, 0) is 9.59 Å². The van der Waals surface area contributed by atoms with E-state index in [4.69, 9.17) is 0 Å². The maximum atomic E-state index is 11.6. The molecule has 0 bridgehead atoms. The van der Waals surface area contributed by atoms with Crippen LogP contribution in [0.5, 0.6) is 0 Å². The van der Waals surface area contributed by atoms with Crippen LogP contribution < -0.4 is 0 Å². The summed E-state index contributed by atoms with van der Waals surface area (Å²) in [7, 11) is 0. The second-order valence-corrected chi connectivity index (χ2v) is 4.28. The summed E-state index contributed by atoms with van der Waals surface area (Å²) in [6.45, 7) is 4.81. The average molecular weight is 194 g/mol. The topological polar surface area (TPSA) is 34.1 Å². The zero-order valence-corrected chi connectivity index (χ0v) is 9.17. The normalized spacial score (nSPS) is 22.1. The second-order valence-electron chi connectivity index (χ2n) is 4.28. The first-order valence-electron chi connectivity index (χ1n) is 5.18. The highest BCUT2D eigenvalue weighted by molar-refractivity contribution is 6.05. The number of allylic oxidation sites excluding steroid dienone is 2. The average Bonchev–Trinajstić information content (AvgIpc) is 2.17. The van der Waals surface area contributed by atoms with E-state index in [-0.39, 0.29) is 17.5 Å². The zero-order valence-electron chi connectivity index (χ0n) is 9.17. The molecule has 0 amide bonds. The van der Waals surface area contributed by atoms with Crippen molar-refractivity contribution < 1.29 is 9.59 Å². The van der Waals surface area contributed by atoms with Gasteiger partial charge in [-0.3, -0.25) is 9.59 Å². The Morgan fingerprint density at radius 3 is 2.21 bits per heavy atom. The summed E-state index contributed by atoms with van der Waals surface area (Å²) in [5.74, 6) is 0.0781. The number of carbonyl (C=O) groups is 2. The van der Waals surface area contributed by atoms with Gasteiger partial charge in [-0.05, 0) is 46.0 Å². The van der Waals surface area contributed by atoms with Gasteiger partial charge in [0, 0.05) is 0 Å². The lowest BCUT2D eigenvalue weighted by Gasteiger charge is -2.33. The van der Waals surface area contributed by atoms with Crippen LogP contribution in [0.2, 0.25) is 0 Å². The van der Waals surface area contributed by atoms with Crippen LogP contribution in [0.3, 0.4) is 0 Å². The number of rotatable bonds is 3. The fourth-order valence-corrected chi connectivity index (χ4v) is 2.06. The van der Waals surface area contributed by atoms with Gasteiger partial charge in [-0.1, -0.05) is 12.2 Å². The first kappa shape index (κ1) is 11.2. The molecular formula is C12H18O2. The van der Waals surface area contributed by atoms with E-state index in [9.17, 15) is 9.59 Å². The van der Waals surface area contributed by atoms with E-state index in [1.54, 1.807) is 6.92 Å². The van der Waals surface area contributed by atoms with Crippen molar-refractivity contribution in [2.75, 3.05) is 0 Å². The van der Waals surface area contributed by atoms with Crippen molar-refractivity contribution in [3.8, 4) is 0 Å². The third-order valence-electron chi connectivity index (χ3n) is 3.46. The van der Waals surface area contributed by atoms with Crippen molar-refractivity contribution in [1.82, 2.24) is 0 Å². The van der Waals surface area contributed by atoms with E-state index in [0.717, 1.165) is 19.3 Å². The van der Waals surface area contributed by atoms with E-state index in [1.807, 2.05) is 6.08 Å². The van der Waals surface area contributed by atoms with E-state index in [0.29, 0.717) is 0 Å². The highest BCUT2D eigenvalue weighted by Crippen LogP contribution is 2.36. The van der Waals surface area contributed by atoms with Crippen molar-refractivity contribution in [3.05, 3.63) is 12.2 Å². The summed E-state index contributed by atoms with van der Waals surface area (Å²) in [5.41, 5.74) is -0.795. The van der Waals surface area contributed by atoms with E-state index >= 15 is 0 Å². The molecule has 1 unspecified atom stereocenters. The zero-order chi connectivity index (χ0) is 10.8. The third-order valence-corrected chi connectivity index (χ3v) is 3.46. The summed E-state index contributed by atoms with van der Waals surface area (Å²) < 4.78 is 0. The minimum absolute atomic E-state index is 0.0125. The Labute approximate surface area is 85.4 Å². The van der Waals surface area contributed by atoms with Gasteiger partial charge in [0.15, 0.2) is 0 Å². The van der Waals surface area contributed by atoms with Crippen molar-refractivity contribution in [2.45, 2.75) is 40.0 Å². The Balaban J connectivity index is 2.98. The SMILES string of the molecule is CC(=O)C(C)(C(C)=O)C1C=CCCC1. The molecule has 1 aliphatic carbocycles. The molecule has 0 spiro atoms. The molecule has 1 aliphatic rings. The van der Waals surface area contributed by atoms with Gasteiger partial charge in [0.25, 0.3) is 0 Å². The number of ketones is 2. The maximum absolute atomic E-state index is 11.6. The van der Waals surface area contributed by atoms with Crippen LogP contribution in [0.15, 0.2) is 12.2 Å². The highest BCUT2D eigenvalue weighted by atomic mass is 16.2. The Hall–Kier alpha value is -0.920. The number of carbonyl (C=O) groups excluding carboxylic acids is 2. The van der Waals surface area contributed by atoms with Crippen LogP contribution in [0.25, 0.3) is 0 Å². The fraction of sp³-hybridized carbons (Fsp3) is 0.667. The predicted octanol–water partition coefficient (Wildman–Crippen LogP) is 2.53. The molecule has 0 aromatic rings. The van der Waals surface area contributed by atoms with Crippen LogP contribution in [-0.4, -0.2) is 11.6 Å². The number of hydrogen-bond donors (Lipinski definition) is 0. The van der Waals surface area contributed by atoms with Crippen molar-refractivity contribution in [1.29, 1.82) is 0 Å². The molecule has 0 radical (unpaired) electrons. The molecule has 0 aromatic carbocycles. The Morgan fingerprint density at radius 2 is 1.86 bits per heavy atom. The lowest BCUT2D eigenvalue weighted by molar-refractivity contribution is -0.140. The molecule has 2 nitrogen and oxygen atoms in total. The van der Waals surface area contributed by atoms with Gasteiger partial charge in [-0.25, -0.2) is 0 Å². The molecule has 78 valence electrons. The maximum Gasteiger partial charge on any atom is 0.143 e. The molecule has 0 fully saturated rings. The molecule has 1 rings (SSSR count). The minimum Gasteiger partial charge on any atom is -0.299 e. The van der Waals surface area contributed by atoms with Crippen molar-refractivity contribution in [2.24, 2.45) is 11.3 Å². The largest absolute Gasteiger partial charge is 0.299 e. The van der Waals surface area contributed by atoms with E-state index in [1.165, 1.54) is 13.8 Å². The summed E-state index contributed by atoms with van der Waals surface area (Å²) in [6, 6.07) is 0. The van der Waals surface area contributed by atoms with Gasteiger partial charge < -0.3 is 0 Å². The van der Waals surface area contributed by atoms with Gasteiger partial charge in [-0.2, -0.15) is 0 Å². The van der Waals surface area contributed by atoms with Crippen molar-refractivity contribution in [3.63, 3.8) is 0 Å². The van der Waals surface area contributed by atoms with Gasteiger partial charge in [0.2, 0.25) is 0 Å². The van der Waals surface area contributed by atoms with Crippen LogP contribution >= 0.6 is 0 Å². The van der Waals surface area contributed by atoms with Gasteiger partial charge in [-0.15, -0.1) is 0 Å². The van der Waals surface area contributed by atoms with Gasteiger partial charge in [0.1, 0.15) is 11.6 Å². The van der Waals surface area contributed by atoms with Gasteiger partial charge in [0.05, 0.1) is 5.41 Å². The summed E-state index contributed by atoms with van der Waals surface area (Å²) in [4.78, 5) is 23.1. The molecule has 2 heteroatoms. The fourth-order valence-electron chi connectivity index (χ4n) is 2.06. The van der Waals surface area contributed by atoms with Crippen molar-refractivity contribution >= 4 is 11.6 Å². The minimum atomic E-state index is -0.795. The third kappa shape index (κ3) is 1.79. The molecule has 14 heavy (non-hydrogen) atoms. The van der Waals surface area contributed by atoms with Crippen LogP contribution in [0.1, 0.15) is 40.0 Å². The Morgan fingerprint density at radius 1 is 1.29 bits per heavy atom. The predicted molar refractivity (Wildman–Crippen MR) is 56.0 cm³/mol. The molecule has 1 atom stereocenters. The standard InChI is InChI=1S/C12H18O2/c1-9(13)12(3,10(2)14)11-7-5-4-6-8-11/h5,7,11H,4,6,8H2,1-3H3. The molecule has 0 aromatic heterocycles. The lowest BCUT2D eigenvalue weighted by atomic mass is 9.68. The number of Topliss-reactive ketones (excluding diaryl/α,β-unsaturated/α-hetero) is 2. The van der Waals surface area contributed by atoms with Crippen LogP contribution in [0.4, 0.5) is 0 Å². The summed E-state index contributed by atoms with van der Waals surface area (Å²) in [6.07, 6.45) is 7.22.